The fourth-order valence-corrected chi connectivity index (χ4v) is 0.751. The summed E-state index contributed by atoms with van der Waals surface area (Å²) in [6.07, 6.45) is -5.44. The summed E-state index contributed by atoms with van der Waals surface area (Å²) in [7, 11) is -5.42. The average Bonchev–Trinajstić information content (AvgIpc) is 1.80. The van der Waals surface area contributed by atoms with Gasteiger partial charge in [-0.1, -0.05) is 0 Å². The molecule has 9 heteroatoms. The normalized spacial score (nSPS) is 15.8. The number of Topliss-reactive ketones (excluding diaryl/α,β-unsaturated/α-hetero) is 1. The number of hydrogen-bond donors (Lipinski definition) is 3. The van der Waals surface area contributed by atoms with Gasteiger partial charge in [0.1, 0.15) is 0 Å². The third kappa shape index (κ3) is 2.90. The number of rotatable bonds is 2. The standard InChI is InChI=1S/C3H4F3O5P/c4-3(5,6)1(7)2(8)12(9,10)11/h2,8H,(H2,9,10,11)/t2-/m1/s1. The maximum Gasteiger partial charge on any atom is 0.453 e. The highest BCUT2D eigenvalue weighted by Gasteiger charge is 2.49. The molecule has 0 heterocycles. The van der Waals surface area contributed by atoms with Crippen LogP contribution in [0, 0.1) is 0 Å². The SMILES string of the molecule is O=C([C@H](O)P(=O)(O)O)C(F)(F)F. The number of carbonyl (C=O) groups is 1. The zero-order chi connectivity index (χ0) is 10.2. The molecule has 0 aromatic carbocycles. The number of aliphatic hydroxyl groups excluding tert-OH is 1. The lowest BCUT2D eigenvalue weighted by Gasteiger charge is -2.12. The van der Waals surface area contributed by atoms with Crippen LogP contribution in [0.1, 0.15) is 0 Å². The molecule has 0 amide bonds. The lowest BCUT2D eigenvalue weighted by atomic mass is 10.4. The van der Waals surface area contributed by atoms with Crippen LogP contribution in [0.3, 0.4) is 0 Å². The Kier molecular flexibility index (Phi) is 3.02. The number of hydrogen-bond acceptors (Lipinski definition) is 3. The van der Waals surface area contributed by atoms with Crippen LogP contribution in [0.15, 0.2) is 0 Å². The van der Waals surface area contributed by atoms with Crippen molar-refractivity contribution in [2.45, 2.75) is 12.0 Å². The maximum absolute atomic E-state index is 11.4. The molecule has 0 aliphatic heterocycles. The highest BCUT2D eigenvalue weighted by atomic mass is 31.2. The first-order valence-corrected chi connectivity index (χ1v) is 4.09. The summed E-state index contributed by atoms with van der Waals surface area (Å²) >= 11 is 0. The second-order valence-electron chi connectivity index (χ2n) is 1.82. The minimum atomic E-state index is -5.44. The van der Waals surface area contributed by atoms with Crippen molar-refractivity contribution >= 4 is 13.4 Å². The zero-order valence-electron chi connectivity index (χ0n) is 5.32. The van der Waals surface area contributed by atoms with Crippen LogP contribution >= 0.6 is 7.60 Å². The number of halogens is 3. The van der Waals surface area contributed by atoms with E-state index < -0.39 is 25.4 Å². The molecule has 0 saturated carbocycles. The van der Waals surface area contributed by atoms with Crippen molar-refractivity contribution in [2.24, 2.45) is 0 Å². The molecule has 0 rings (SSSR count). The van der Waals surface area contributed by atoms with Gasteiger partial charge in [-0.05, 0) is 0 Å². The van der Waals surface area contributed by atoms with Crippen LogP contribution < -0.4 is 0 Å². The molecule has 0 spiro atoms. The first-order chi connectivity index (χ1) is 5.07. The largest absolute Gasteiger partial charge is 0.453 e. The van der Waals surface area contributed by atoms with E-state index in [1.807, 2.05) is 0 Å². The molecule has 0 saturated heterocycles. The van der Waals surface area contributed by atoms with E-state index in [0.717, 1.165) is 0 Å². The molecule has 1 atom stereocenters. The Hall–Kier alpha value is -0.430. The molecular formula is C3H4F3O5P. The van der Waals surface area contributed by atoms with Gasteiger partial charge in [-0.2, -0.15) is 13.2 Å². The first-order valence-electron chi connectivity index (χ1n) is 2.41. The molecule has 5 nitrogen and oxygen atoms in total. The fourth-order valence-electron chi connectivity index (χ4n) is 0.299. The topological polar surface area (TPSA) is 94.8 Å². The minimum absolute atomic E-state index is 2.85. The summed E-state index contributed by atoms with van der Waals surface area (Å²) in [5.74, 6) is -6.17. The van der Waals surface area contributed by atoms with Crippen molar-refractivity contribution in [3.05, 3.63) is 0 Å². The highest BCUT2D eigenvalue weighted by molar-refractivity contribution is 7.53. The van der Waals surface area contributed by atoms with Crippen LogP contribution in [0.25, 0.3) is 0 Å². The second kappa shape index (κ2) is 3.14. The molecule has 0 fully saturated rings. The van der Waals surface area contributed by atoms with Crippen LogP contribution in [0.2, 0.25) is 0 Å². The van der Waals surface area contributed by atoms with Gasteiger partial charge in [-0.15, -0.1) is 0 Å². The Bertz CT molecular complexity index is 229. The summed E-state index contributed by atoms with van der Waals surface area (Å²) in [6.45, 7) is 0. The molecule has 0 aliphatic rings. The lowest BCUT2D eigenvalue weighted by molar-refractivity contribution is -0.176. The van der Waals surface area contributed by atoms with E-state index in [-0.39, 0.29) is 0 Å². The molecule has 0 unspecified atom stereocenters. The lowest BCUT2D eigenvalue weighted by Crippen LogP contribution is -2.34. The molecule has 3 N–H and O–H groups in total. The zero-order valence-corrected chi connectivity index (χ0v) is 6.21. The van der Waals surface area contributed by atoms with Crippen LogP contribution in [-0.4, -0.2) is 32.7 Å². The quantitative estimate of drug-likeness (QED) is 0.537. The van der Waals surface area contributed by atoms with Gasteiger partial charge in [-0.25, -0.2) is 0 Å². The van der Waals surface area contributed by atoms with Gasteiger partial charge in [0, 0.05) is 0 Å². The smallest absolute Gasteiger partial charge is 0.374 e. The van der Waals surface area contributed by atoms with Crippen molar-refractivity contribution in [3.8, 4) is 0 Å². The van der Waals surface area contributed by atoms with Gasteiger partial charge in [-0.3, -0.25) is 9.36 Å². The van der Waals surface area contributed by atoms with Crippen LogP contribution in [0.4, 0.5) is 13.2 Å². The van der Waals surface area contributed by atoms with E-state index in [4.69, 9.17) is 14.9 Å². The summed E-state index contributed by atoms with van der Waals surface area (Å²) in [4.78, 5) is 25.9. The summed E-state index contributed by atoms with van der Waals surface area (Å²) < 4.78 is 44.1. The predicted molar refractivity (Wildman–Crippen MR) is 29.1 cm³/mol. The Morgan fingerprint density at radius 3 is 1.75 bits per heavy atom. The third-order valence-electron chi connectivity index (χ3n) is 0.832. The van der Waals surface area contributed by atoms with E-state index in [0.29, 0.717) is 0 Å². The maximum atomic E-state index is 11.4. The second-order valence-corrected chi connectivity index (χ2v) is 3.49. The molecule has 0 radical (unpaired) electrons. The van der Waals surface area contributed by atoms with Gasteiger partial charge < -0.3 is 14.9 Å². The average molecular weight is 208 g/mol. The summed E-state index contributed by atoms with van der Waals surface area (Å²) in [6, 6.07) is 0. The first kappa shape index (κ1) is 11.6. The van der Waals surface area contributed by atoms with E-state index in [1.54, 1.807) is 0 Å². The van der Waals surface area contributed by atoms with Gasteiger partial charge in [0.15, 0.2) is 0 Å². The van der Waals surface area contributed by atoms with Gasteiger partial charge in [0.2, 0.25) is 5.85 Å². The van der Waals surface area contributed by atoms with E-state index in [9.17, 15) is 22.5 Å². The minimum Gasteiger partial charge on any atom is -0.374 e. The van der Waals surface area contributed by atoms with Crippen molar-refractivity contribution < 1.29 is 37.4 Å². The van der Waals surface area contributed by atoms with E-state index >= 15 is 0 Å². The predicted octanol–water partition coefficient (Wildman–Crippen LogP) is -0.386. The van der Waals surface area contributed by atoms with Crippen molar-refractivity contribution in [1.29, 1.82) is 0 Å². The molecule has 0 bridgehead atoms. The fraction of sp³-hybridized carbons (Fsp3) is 0.667. The van der Waals surface area contributed by atoms with Gasteiger partial charge in [0.25, 0.3) is 5.78 Å². The molecular weight excluding hydrogens is 204 g/mol. The Labute approximate surface area is 64.0 Å². The van der Waals surface area contributed by atoms with Crippen molar-refractivity contribution in [3.63, 3.8) is 0 Å². The monoisotopic (exact) mass is 208 g/mol. The molecule has 0 aromatic heterocycles. The number of ketones is 1. The summed E-state index contributed by atoms with van der Waals surface area (Å²) in [5.41, 5.74) is 0. The number of aliphatic hydroxyl groups is 1. The van der Waals surface area contributed by atoms with Crippen molar-refractivity contribution in [2.75, 3.05) is 0 Å². The molecule has 12 heavy (non-hydrogen) atoms. The van der Waals surface area contributed by atoms with Crippen LogP contribution in [-0.2, 0) is 9.36 Å². The molecule has 0 aliphatic carbocycles. The van der Waals surface area contributed by atoms with Gasteiger partial charge >= 0.3 is 13.8 Å². The van der Waals surface area contributed by atoms with Gasteiger partial charge in [0.05, 0.1) is 0 Å². The Balaban J connectivity index is 4.65. The number of carbonyl (C=O) groups excluding carboxylic acids is 1. The Morgan fingerprint density at radius 2 is 1.67 bits per heavy atom. The number of alkyl halides is 3. The third-order valence-corrected chi connectivity index (χ3v) is 1.70. The van der Waals surface area contributed by atoms with E-state index in [1.165, 1.54) is 0 Å². The highest BCUT2D eigenvalue weighted by Crippen LogP contribution is 2.42. The Morgan fingerprint density at radius 1 is 1.33 bits per heavy atom. The van der Waals surface area contributed by atoms with Crippen molar-refractivity contribution in [1.82, 2.24) is 0 Å². The molecule has 0 aromatic rings. The summed E-state index contributed by atoms with van der Waals surface area (Å²) in [5, 5.41) is 8.16. The van der Waals surface area contributed by atoms with E-state index in [2.05, 4.69) is 0 Å². The molecule has 72 valence electrons. The van der Waals surface area contributed by atoms with Crippen LogP contribution in [0.5, 0.6) is 0 Å².